The van der Waals surface area contributed by atoms with Crippen molar-refractivity contribution in [1.29, 1.82) is 0 Å². The van der Waals surface area contributed by atoms with Crippen molar-refractivity contribution in [2.75, 3.05) is 0 Å². The van der Waals surface area contributed by atoms with Gasteiger partial charge in [0.25, 0.3) is 0 Å². The van der Waals surface area contributed by atoms with Crippen LogP contribution in [0.4, 0.5) is 0 Å². The zero-order chi connectivity index (χ0) is 9.94. The van der Waals surface area contributed by atoms with E-state index in [1.54, 1.807) is 0 Å². The van der Waals surface area contributed by atoms with Crippen molar-refractivity contribution in [3.05, 3.63) is 11.8 Å². The van der Waals surface area contributed by atoms with E-state index in [1.807, 2.05) is 6.08 Å². The van der Waals surface area contributed by atoms with E-state index in [0.717, 1.165) is 19.3 Å². The first-order valence-corrected chi connectivity index (χ1v) is 5.69. The van der Waals surface area contributed by atoms with Crippen LogP contribution in [0.3, 0.4) is 0 Å². The van der Waals surface area contributed by atoms with Crippen LogP contribution in [0.5, 0.6) is 0 Å². The summed E-state index contributed by atoms with van der Waals surface area (Å²) >= 11 is 0. The highest BCUT2D eigenvalue weighted by molar-refractivity contribution is 4.89. The van der Waals surface area contributed by atoms with Gasteiger partial charge < -0.3 is 5.11 Å². The highest BCUT2D eigenvalue weighted by atomic mass is 16.3. The molecule has 0 unspecified atom stereocenters. The monoisotopic (exact) mass is 184 g/mol. The highest BCUT2D eigenvalue weighted by Gasteiger charge is 1.93. The Hall–Kier alpha value is -0.460. The van der Waals surface area contributed by atoms with Crippen molar-refractivity contribution in [1.82, 2.24) is 0 Å². The number of allylic oxidation sites excluding steroid dienone is 2. The fourth-order valence-corrected chi connectivity index (χ4v) is 1.42. The second-order valence-corrected chi connectivity index (χ2v) is 3.62. The number of aliphatic hydroxyl groups is 1. The molecular weight excluding hydrogens is 160 g/mol. The maximum absolute atomic E-state index is 9.31. The number of hydrogen-bond donors (Lipinski definition) is 1. The molecule has 0 aliphatic rings. The van der Waals surface area contributed by atoms with E-state index in [2.05, 4.69) is 13.8 Å². The van der Waals surface area contributed by atoms with Gasteiger partial charge in [-0.15, -0.1) is 0 Å². The highest BCUT2D eigenvalue weighted by Crippen LogP contribution is 2.10. The molecular formula is C12H24O. The van der Waals surface area contributed by atoms with Crippen LogP contribution in [-0.2, 0) is 0 Å². The van der Waals surface area contributed by atoms with Gasteiger partial charge in [0.05, 0.1) is 5.76 Å². The minimum Gasteiger partial charge on any atom is -0.513 e. The zero-order valence-corrected chi connectivity index (χ0v) is 9.18. The molecule has 0 saturated heterocycles. The Morgan fingerprint density at radius 1 is 1.00 bits per heavy atom. The Labute approximate surface area is 82.9 Å². The average molecular weight is 184 g/mol. The van der Waals surface area contributed by atoms with Gasteiger partial charge in [-0.1, -0.05) is 46.0 Å². The van der Waals surface area contributed by atoms with E-state index in [0.29, 0.717) is 5.76 Å². The predicted octanol–water partition coefficient (Wildman–Crippen LogP) is 4.59. The van der Waals surface area contributed by atoms with Gasteiger partial charge in [0, 0.05) is 6.42 Å². The lowest BCUT2D eigenvalue weighted by Crippen LogP contribution is -1.83. The van der Waals surface area contributed by atoms with Gasteiger partial charge in [-0.25, -0.2) is 0 Å². The molecule has 0 fully saturated rings. The van der Waals surface area contributed by atoms with E-state index in [4.69, 9.17) is 0 Å². The lowest BCUT2D eigenvalue weighted by molar-refractivity contribution is 0.377. The fraction of sp³-hybridized carbons (Fsp3) is 0.833. The summed E-state index contributed by atoms with van der Waals surface area (Å²) < 4.78 is 0. The van der Waals surface area contributed by atoms with Crippen LogP contribution in [0.15, 0.2) is 11.8 Å². The third kappa shape index (κ3) is 9.45. The summed E-state index contributed by atoms with van der Waals surface area (Å²) in [6.07, 6.45) is 11.5. The summed E-state index contributed by atoms with van der Waals surface area (Å²) in [4.78, 5) is 0. The minimum absolute atomic E-state index is 0.581. The quantitative estimate of drug-likeness (QED) is 0.432. The van der Waals surface area contributed by atoms with Gasteiger partial charge in [-0.05, 0) is 18.9 Å². The number of rotatable bonds is 8. The van der Waals surface area contributed by atoms with Gasteiger partial charge in [0.15, 0.2) is 0 Å². The normalized spacial score (nSPS) is 12.0. The maximum Gasteiger partial charge on any atom is 0.0882 e. The van der Waals surface area contributed by atoms with Crippen LogP contribution >= 0.6 is 0 Å². The Morgan fingerprint density at radius 3 is 2.23 bits per heavy atom. The van der Waals surface area contributed by atoms with E-state index >= 15 is 0 Å². The Balaban J connectivity index is 3.11. The van der Waals surface area contributed by atoms with Crippen molar-refractivity contribution in [2.45, 2.75) is 65.2 Å². The molecule has 0 rings (SSSR count). The van der Waals surface area contributed by atoms with Gasteiger partial charge >= 0.3 is 0 Å². The Bertz CT molecular complexity index is 127. The van der Waals surface area contributed by atoms with Crippen LogP contribution in [0, 0.1) is 0 Å². The molecule has 0 amide bonds. The molecule has 78 valence electrons. The zero-order valence-electron chi connectivity index (χ0n) is 9.18. The van der Waals surface area contributed by atoms with Crippen molar-refractivity contribution < 1.29 is 5.11 Å². The van der Waals surface area contributed by atoms with Gasteiger partial charge in [0.1, 0.15) is 0 Å². The van der Waals surface area contributed by atoms with Gasteiger partial charge in [-0.2, -0.15) is 0 Å². The smallest absolute Gasteiger partial charge is 0.0882 e. The lowest BCUT2D eigenvalue weighted by atomic mass is 10.1. The molecule has 0 aliphatic carbocycles. The molecule has 0 aromatic rings. The van der Waals surface area contributed by atoms with E-state index in [9.17, 15) is 5.11 Å². The van der Waals surface area contributed by atoms with Gasteiger partial charge in [0.2, 0.25) is 0 Å². The third-order valence-electron chi connectivity index (χ3n) is 2.23. The van der Waals surface area contributed by atoms with E-state index in [-0.39, 0.29) is 0 Å². The topological polar surface area (TPSA) is 20.2 Å². The third-order valence-corrected chi connectivity index (χ3v) is 2.23. The summed E-state index contributed by atoms with van der Waals surface area (Å²) in [5.74, 6) is 0.581. The van der Waals surface area contributed by atoms with E-state index < -0.39 is 0 Å². The van der Waals surface area contributed by atoms with Crippen LogP contribution < -0.4 is 0 Å². The predicted molar refractivity (Wildman–Crippen MR) is 59.0 cm³/mol. The first-order valence-electron chi connectivity index (χ1n) is 5.69. The van der Waals surface area contributed by atoms with Crippen molar-refractivity contribution >= 4 is 0 Å². The summed E-state index contributed by atoms with van der Waals surface area (Å²) in [5.41, 5.74) is 0. The first kappa shape index (κ1) is 12.5. The van der Waals surface area contributed by atoms with Crippen LogP contribution in [0.25, 0.3) is 0 Å². The van der Waals surface area contributed by atoms with E-state index in [1.165, 1.54) is 32.1 Å². The summed E-state index contributed by atoms with van der Waals surface area (Å²) in [6, 6.07) is 0. The molecule has 1 N–H and O–H groups in total. The molecule has 1 heteroatoms. The summed E-state index contributed by atoms with van der Waals surface area (Å²) in [7, 11) is 0. The standard InChI is InChI=1S/C12H24O/c1-3-5-6-7-8-9-11-12(13)10-4-2/h10,13H,3-9,11H2,1-2H3/b12-10-. The molecule has 0 radical (unpaired) electrons. The second kappa shape index (κ2) is 9.63. The molecule has 0 aromatic carbocycles. The largest absolute Gasteiger partial charge is 0.513 e. The molecule has 0 bridgehead atoms. The SMILES string of the molecule is CC/C=C(\O)CCCCCCCC. The molecule has 0 atom stereocenters. The van der Waals surface area contributed by atoms with Crippen molar-refractivity contribution in [2.24, 2.45) is 0 Å². The molecule has 0 aromatic heterocycles. The Kier molecular flexibility index (Phi) is 9.29. The molecule has 0 heterocycles. The first-order chi connectivity index (χ1) is 6.31. The number of aliphatic hydroxyl groups excluding tert-OH is 1. The minimum atomic E-state index is 0.581. The van der Waals surface area contributed by atoms with Gasteiger partial charge in [-0.3, -0.25) is 0 Å². The van der Waals surface area contributed by atoms with Crippen LogP contribution in [0.1, 0.15) is 65.2 Å². The lowest BCUT2D eigenvalue weighted by Gasteiger charge is -2.00. The van der Waals surface area contributed by atoms with Crippen LogP contribution in [0.2, 0.25) is 0 Å². The molecule has 13 heavy (non-hydrogen) atoms. The molecule has 0 saturated carbocycles. The fourth-order valence-electron chi connectivity index (χ4n) is 1.42. The molecule has 0 spiro atoms. The second-order valence-electron chi connectivity index (χ2n) is 3.62. The molecule has 0 aliphatic heterocycles. The number of hydrogen-bond acceptors (Lipinski definition) is 1. The Morgan fingerprint density at radius 2 is 1.62 bits per heavy atom. The maximum atomic E-state index is 9.31. The summed E-state index contributed by atoms with van der Waals surface area (Å²) in [5, 5.41) is 9.31. The number of unbranched alkanes of at least 4 members (excludes halogenated alkanes) is 5. The summed E-state index contributed by atoms with van der Waals surface area (Å²) in [6.45, 7) is 4.29. The van der Waals surface area contributed by atoms with Crippen LogP contribution in [-0.4, -0.2) is 5.11 Å². The average Bonchev–Trinajstić information content (AvgIpc) is 2.11. The molecule has 1 nitrogen and oxygen atoms in total. The van der Waals surface area contributed by atoms with Crippen molar-refractivity contribution in [3.63, 3.8) is 0 Å². The van der Waals surface area contributed by atoms with Crippen molar-refractivity contribution in [3.8, 4) is 0 Å².